The number of hydrogen-bond acceptors (Lipinski definition) is 4. The quantitative estimate of drug-likeness (QED) is 0.343. The van der Waals surface area contributed by atoms with Gasteiger partial charge in [0.05, 0.1) is 40.5 Å². The molecule has 0 atom stereocenters. The van der Waals surface area contributed by atoms with Gasteiger partial charge in [-0.3, -0.25) is 14.9 Å². The summed E-state index contributed by atoms with van der Waals surface area (Å²) in [5.74, 6) is -0.373. The SMILES string of the molecule is CCOC(=O)c1ccc(N=C(C)c2c(-c3ccccc3)[nH]n(-c3ccccc3)c2=O)cc1. The molecular weight excluding hydrogens is 402 g/mol. The van der Waals surface area contributed by atoms with Gasteiger partial charge >= 0.3 is 5.97 Å². The zero-order valence-electron chi connectivity index (χ0n) is 17.9. The number of benzene rings is 3. The number of H-pyrrole nitrogens is 1. The lowest BCUT2D eigenvalue weighted by atomic mass is 10.1. The molecule has 6 nitrogen and oxygen atoms in total. The van der Waals surface area contributed by atoms with Crippen LogP contribution in [0.15, 0.2) is 94.7 Å². The van der Waals surface area contributed by atoms with Gasteiger partial charge in [0, 0.05) is 5.56 Å². The van der Waals surface area contributed by atoms with E-state index < -0.39 is 0 Å². The van der Waals surface area contributed by atoms with E-state index in [0.717, 1.165) is 11.3 Å². The first-order chi connectivity index (χ1) is 15.6. The van der Waals surface area contributed by atoms with Crippen LogP contribution in [0.1, 0.15) is 29.8 Å². The lowest BCUT2D eigenvalue weighted by Crippen LogP contribution is -2.19. The van der Waals surface area contributed by atoms with E-state index in [0.29, 0.717) is 34.8 Å². The molecule has 3 aromatic carbocycles. The van der Waals surface area contributed by atoms with Crippen LogP contribution in [0.2, 0.25) is 0 Å². The van der Waals surface area contributed by atoms with Gasteiger partial charge in [-0.05, 0) is 50.2 Å². The summed E-state index contributed by atoms with van der Waals surface area (Å²) < 4.78 is 6.55. The van der Waals surface area contributed by atoms with Crippen LogP contribution in [0.4, 0.5) is 5.69 Å². The van der Waals surface area contributed by atoms with E-state index in [1.165, 1.54) is 4.68 Å². The number of nitrogens with one attached hydrogen (secondary N) is 1. The number of aromatic nitrogens is 2. The highest BCUT2D eigenvalue weighted by Crippen LogP contribution is 2.23. The molecule has 0 radical (unpaired) electrons. The van der Waals surface area contributed by atoms with Crippen molar-refractivity contribution >= 4 is 17.4 Å². The third-order valence-corrected chi connectivity index (χ3v) is 5.00. The molecule has 6 heteroatoms. The van der Waals surface area contributed by atoms with Gasteiger partial charge in [0.1, 0.15) is 0 Å². The Labute approximate surface area is 185 Å². The zero-order chi connectivity index (χ0) is 22.5. The van der Waals surface area contributed by atoms with Gasteiger partial charge in [0.2, 0.25) is 0 Å². The molecule has 0 unspecified atom stereocenters. The van der Waals surface area contributed by atoms with Crippen molar-refractivity contribution in [2.24, 2.45) is 4.99 Å². The normalized spacial score (nSPS) is 11.4. The maximum atomic E-state index is 13.4. The molecule has 4 rings (SSSR count). The number of esters is 1. The van der Waals surface area contributed by atoms with Crippen LogP contribution in [0.3, 0.4) is 0 Å². The molecule has 0 bridgehead atoms. The second-order valence-electron chi connectivity index (χ2n) is 7.17. The lowest BCUT2D eigenvalue weighted by Gasteiger charge is -2.04. The molecule has 4 aromatic rings. The summed E-state index contributed by atoms with van der Waals surface area (Å²) >= 11 is 0. The average Bonchev–Trinajstić information content (AvgIpc) is 3.18. The molecule has 0 saturated heterocycles. The summed E-state index contributed by atoms with van der Waals surface area (Å²) in [5.41, 5.74) is 4.32. The Morgan fingerprint density at radius 1 is 0.938 bits per heavy atom. The number of carbonyl (C=O) groups is 1. The number of hydrogen-bond donors (Lipinski definition) is 1. The Bertz CT molecular complexity index is 1300. The largest absolute Gasteiger partial charge is 0.462 e. The van der Waals surface area contributed by atoms with Crippen LogP contribution in [-0.2, 0) is 4.74 Å². The summed E-state index contributed by atoms with van der Waals surface area (Å²) in [6, 6.07) is 25.9. The smallest absolute Gasteiger partial charge is 0.338 e. The average molecular weight is 425 g/mol. The monoisotopic (exact) mass is 425 g/mol. The first kappa shape index (κ1) is 21.1. The van der Waals surface area contributed by atoms with Crippen LogP contribution >= 0.6 is 0 Å². The molecule has 32 heavy (non-hydrogen) atoms. The topological polar surface area (TPSA) is 76.4 Å². The molecule has 0 fully saturated rings. The molecule has 0 aliphatic heterocycles. The fourth-order valence-corrected chi connectivity index (χ4v) is 3.48. The Morgan fingerprint density at radius 3 is 2.19 bits per heavy atom. The third kappa shape index (κ3) is 4.30. The van der Waals surface area contributed by atoms with Gasteiger partial charge in [-0.1, -0.05) is 48.5 Å². The van der Waals surface area contributed by atoms with E-state index >= 15 is 0 Å². The molecule has 0 aliphatic carbocycles. The van der Waals surface area contributed by atoms with Crippen LogP contribution in [0, 0.1) is 0 Å². The van der Waals surface area contributed by atoms with Gasteiger partial charge in [-0.15, -0.1) is 0 Å². The molecule has 1 aromatic heterocycles. The summed E-state index contributed by atoms with van der Waals surface area (Å²) in [6.07, 6.45) is 0. The van der Waals surface area contributed by atoms with E-state index in [1.807, 2.05) is 67.6 Å². The Kier molecular flexibility index (Phi) is 6.12. The summed E-state index contributed by atoms with van der Waals surface area (Å²) in [5, 5.41) is 3.25. The Morgan fingerprint density at radius 2 is 1.56 bits per heavy atom. The number of ether oxygens (including phenoxy) is 1. The van der Waals surface area contributed by atoms with Crippen LogP contribution < -0.4 is 5.56 Å². The number of aliphatic imine (C=N–C) groups is 1. The molecule has 1 N–H and O–H groups in total. The minimum Gasteiger partial charge on any atom is -0.462 e. The second kappa shape index (κ2) is 9.31. The molecule has 0 spiro atoms. The van der Waals surface area contributed by atoms with Gasteiger partial charge in [-0.2, -0.15) is 0 Å². The third-order valence-electron chi connectivity index (χ3n) is 5.00. The van der Waals surface area contributed by atoms with Crippen molar-refractivity contribution in [1.82, 2.24) is 9.78 Å². The molecule has 1 heterocycles. The lowest BCUT2D eigenvalue weighted by molar-refractivity contribution is 0.0526. The Balaban J connectivity index is 1.79. The van der Waals surface area contributed by atoms with Crippen molar-refractivity contribution in [3.05, 3.63) is 106 Å². The molecule has 0 aliphatic rings. The first-order valence-corrected chi connectivity index (χ1v) is 10.4. The molecule has 0 amide bonds. The van der Waals surface area contributed by atoms with Gasteiger partial charge in [-0.25, -0.2) is 9.48 Å². The maximum absolute atomic E-state index is 13.4. The summed E-state index contributed by atoms with van der Waals surface area (Å²) in [6.45, 7) is 3.90. The molecule has 0 saturated carbocycles. The Hall–Kier alpha value is -4.19. The summed E-state index contributed by atoms with van der Waals surface area (Å²) in [7, 11) is 0. The van der Waals surface area contributed by atoms with E-state index in [2.05, 4.69) is 10.1 Å². The van der Waals surface area contributed by atoms with Gasteiger partial charge < -0.3 is 4.74 Å². The number of para-hydroxylation sites is 1. The van der Waals surface area contributed by atoms with Crippen molar-refractivity contribution in [3.8, 4) is 16.9 Å². The van der Waals surface area contributed by atoms with Gasteiger partial charge in [0.15, 0.2) is 0 Å². The number of rotatable bonds is 6. The van der Waals surface area contributed by atoms with E-state index in [1.54, 1.807) is 31.2 Å². The second-order valence-corrected chi connectivity index (χ2v) is 7.17. The van der Waals surface area contributed by atoms with Crippen molar-refractivity contribution in [2.75, 3.05) is 6.61 Å². The molecule has 160 valence electrons. The predicted octanol–water partition coefficient (Wildman–Crippen LogP) is 5.15. The van der Waals surface area contributed by atoms with Crippen LogP contribution in [-0.4, -0.2) is 28.1 Å². The predicted molar refractivity (Wildman–Crippen MR) is 126 cm³/mol. The fourth-order valence-electron chi connectivity index (χ4n) is 3.48. The minimum absolute atomic E-state index is 0.181. The minimum atomic E-state index is -0.373. The van der Waals surface area contributed by atoms with E-state index in [9.17, 15) is 9.59 Å². The zero-order valence-corrected chi connectivity index (χ0v) is 17.9. The summed E-state index contributed by atoms with van der Waals surface area (Å²) in [4.78, 5) is 29.9. The van der Waals surface area contributed by atoms with Crippen molar-refractivity contribution in [2.45, 2.75) is 13.8 Å². The van der Waals surface area contributed by atoms with Crippen molar-refractivity contribution < 1.29 is 9.53 Å². The number of carbonyl (C=O) groups excluding carboxylic acids is 1. The van der Waals surface area contributed by atoms with E-state index in [4.69, 9.17) is 4.74 Å². The van der Waals surface area contributed by atoms with Gasteiger partial charge in [0.25, 0.3) is 5.56 Å². The number of aromatic amines is 1. The van der Waals surface area contributed by atoms with Crippen LogP contribution in [0.5, 0.6) is 0 Å². The first-order valence-electron chi connectivity index (χ1n) is 10.4. The van der Waals surface area contributed by atoms with E-state index in [-0.39, 0.29) is 11.5 Å². The van der Waals surface area contributed by atoms with Crippen molar-refractivity contribution in [3.63, 3.8) is 0 Å². The fraction of sp³-hybridized carbons (Fsp3) is 0.115. The maximum Gasteiger partial charge on any atom is 0.338 e. The highest BCUT2D eigenvalue weighted by Gasteiger charge is 2.19. The standard InChI is InChI=1S/C26H23N3O3/c1-3-32-26(31)20-14-16-21(17-15-20)27-18(2)23-24(19-10-6-4-7-11-19)28-29(25(23)30)22-12-8-5-9-13-22/h4-17,28H,3H2,1-2H3. The van der Waals surface area contributed by atoms with Crippen molar-refractivity contribution in [1.29, 1.82) is 0 Å². The van der Waals surface area contributed by atoms with Crippen LogP contribution in [0.25, 0.3) is 16.9 Å². The number of nitrogens with zero attached hydrogens (tertiary/aromatic N) is 2. The highest BCUT2D eigenvalue weighted by molar-refractivity contribution is 6.04. The molecular formula is C26H23N3O3. The highest BCUT2D eigenvalue weighted by atomic mass is 16.5.